The highest BCUT2D eigenvalue weighted by Crippen LogP contribution is 2.26. The van der Waals surface area contributed by atoms with Gasteiger partial charge in [-0.15, -0.1) is 0 Å². The summed E-state index contributed by atoms with van der Waals surface area (Å²) in [6, 6.07) is 0. The molecule has 1 rings (SSSR count). The van der Waals surface area contributed by atoms with E-state index in [4.69, 9.17) is 0 Å². The van der Waals surface area contributed by atoms with Crippen molar-refractivity contribution in [2.45, 2.75) is 72.8 Å². The highest BCUT2D eigenvalue weighted by atomic mass is 16.2. The van der Waals surface area contributed by atoms with E-state index in [2.05, 4.69) is 25.8 Å². The number of hydrogen-bond donors (Lipinski definition) is 0. The van der Waals surface area contributed by atoms with Crippen LogP contribution in [-0.4, -0.2) is 34.6 Å². The van der Waals surface area contributed by atoms with E-state index in [0.717, 1.165) is 30.7 Å². The van der Waals surface area contributed by atoms with Gasteiger partial charge in [-0.05, 0) is 53.9 Å². The highest BCUT2D eigenvalue weighted by Gasteiger charge is 2.35. The Bertz CT molecular complexity index is 348. The van der Waals surface area contributed by atoms with Crippen LogP contribution in [0.4, 0.5) is 0 Å². The fourth-order valence-corrected chi connectivity index (χ4v) is 2.39. The lowest BCUT2D eigenvalue weighted by Gasteiger charge is -2.47. The lowest BCUT2D eigenvalue weighted by atomic mass is 9.98. The SMILES string of the molecule is CCC(C)(C)N(C(=O)C(C)=C(C)C)N1CCCCC1. The second-order valence-electron chi connectivity index (χ2n) is 6.42. The van der Waals surface area contributed by atoms with Crippen LogP contribution in [-0.2, 0) is 4.79 Å². The Labute approximate surface area is 118 Å². The quantitative estimate of drug-likeness (QED) is 0.723. The molecule has 3 nitrogen and oxygen atoms in total. The van der Waals surface area contributed by atoms with Gasteiger partial charge in [0.25, 0.3) is 5.91 Å². The molecule has 0 unspecified atom stereocenters. The Kier molecular flexibility index (Phi) is 5.60. The number of carbonyl (C=O) groups is 1. The number of amides is 1. The molecule has 0 aromatic carbocycles. The molecule has 0 spiro atoms. The fourth-order valence-electron chi connectivity index (χ4n) is 2.39. The third kappa shape index (κ3) is 3.82. The molecule has 0 bridgehead atoms. The van der Waals surface area contributed by atoms with Crippen molar-refractivity contribution in [3.05, 3.63) is 11.1 Å². The molecule has 0 radical (unpaired) electrons. The van der Waals surface area contributed by atoms with Crippen LogP contribution in [0.2, 0.25) is 0 Å². The Morgan fingerprint density at radius 3 is 2.05 bits per heavy atom. The minimum atomic E-state index is -0.120. The van der Waals surface area contributed by atoms with Crippen LogP contribution >= 0.6 is 0 Å². The van der Waals surface area contributed by atoms with Crippen LogP contribution in [0.25, 0.3) is 0 Å². The Balaban J connectivity index is 3.05. The number of rotatable bonds is 4. The van der Waals surface area contributed by atoms with Crippen molar-refractivity contribution in [2.24, 2.45) is 0 Å². The first-order chi connectivity index (χ1) is 8.81. The topological polar surface area (TPSA) is 23.6 Å². The smallest absolute Gasteiger partial charge is 0.264 e. The van der Waals surface area contributed by atoms with E-state index in [1.807, 2.05) is 25.8 Å². The van der Waals surface area contributed by atoms with Crippen molar-refractivity contribution in [1.29, 1.82) is 0 Å². The van der Waals surface area contributed by atoms with E-state index in [0.29, 0.717) is 0 Å². The standard InChI is InChI=1S/C16H30N2O/c1-7-16(5,6)18(15(19)14(4)13(2)3)17-11-9-8-10-12-17/h7-12H2,1-6H3. The average Bonchev–Trinajstić information content (AvgIpc) is 2.38. The maximum absolute atomic E-state index is 12.8. The van der Waals surface area contributed by atoms with Gasteiger partial charge >= 0.3 is 0 Å². The molecule has 1 fully saturated rings. The largest absolute Gasteiger partial charge is 0.268 e. The molecule has 1 aliphatic rings. The third-order valence-corrected chi connectivity index (χ3v) is 4.32. The minimum Gasteiger partial charge on any atom is -0.268 e. The summed E-state index contributed by atoms with van der Waals surface area (Å²) in [5.74, 6) is 0.175. The van der Waals surface area contributed by atoms with Crippen molar-refractivity contribution < 1.29 is 4.79 Å². The monoisotopic (exact) mass is 266 g/mol. The molecule has 0 atom stereocenters. The second-order valence-corrected chi connectivity index (χ2v) is 6.42. The van der Waals surface area contributed by atoms with E-state index in [1.165, 1.54) is 19.3 Å². The van der Waals surface area contributed by atoms with Gasteiger partial charge in [-0.25, -0.2) is 5.01 Å². The molecule has 0 saturated carbocycles. The van der Waals surface area contributed by atoms with Crippen molar-refractivity contribution in [3.8, 4) is 0 Å². The van der Waals surface area contributed by atoms with E-state index in [9.17, 15) is 4.79 Å². The minimum absolute atomic E-state index is 0.120. The number of nitrogens with zero attached hydrogens (tertiary/aromatic N) is 2. The molecular formula is C16H30N2O. The van der Waals surface area contributed by atoms with Crippen molar-refractivity contribution in [1.82, 2.24) is 10.0 Å². The maximum atomic E-state index is 12.8. The number of hydrazine groups is 1. The third-order valence-electron chi connectivity index (χ3n) is 4.32. The number of allylic oxidation sites excluding steroid dienone is 1. The van der Waals surface area contributed by atoms with Gasteiger partial charge in [-0.2, -0.15) is 0 Å². The molecule has 1 heterocycles. The second kappa shape index (κ2) is 6.56. The van der Waals surface area contributed by atoms with Gasteiger partial charge in [-0.3, -0.25) is 9.80 Å². The first kappa shape index (κ1) is 16.2. The summed E-state index contributed by atoms with van der Waals surface area (Å²) >= 11 is 0. The van der Waals surface area contributed by atoms with Crippen LogP contribution in [0.15, 0.2) is 11.1 Å². The van der Waals surface area contributed by atoms with Gasteiger partial charge in [-0.1, -0.05) is 18.9 Å². The van der Waals surface area contributed by atoms with Gasteiger partial charge < -0.3 is 0 Å². The normalized spacial score (nSPS) is 17.2. The van der Waals surface area contributed by atoms with E-state index < -0.39 is 0 Å². The molecule has 0 aromatic heterocycles. The van der Waals surface area contributed by atoms with Gasteiger partial charge in [0.2, 0.25) is 0 Å². The Hall–Kier alpha value is -0.830. The first-order valence-electron chi connectivity index (χ1n) is 7.54. The van der Waals surface area contributed by atoms with E-state index in [-0.39, 0.29) is 11.4 Å². The van der Waals surface area contributed by atoms with E-state index in [1.54, 1.807) is 0 Å². The van der Waals surface area contributed by atoms with Gasteiger partial charge in [0.15, 0.2) is 0 Å². The van der Waals surface area contributed by atoms with Gasteiger partial charge in [0, 0.05) is 18.7 Å². The summed E-state index contributed by atoms with van der Waals surface area (Å²) in [5.41, 5.74) is 1.87. The zero-order chi connectivity index (χ0) is 14.6. The molecule has 1 amide bonds. The van der Waals surface area contributed by atoms with Crippen molar-refractivity contribution in [3.63, 3.8) is 0 Å². The van der Waals surface area contributed by atoms with Crippen LogP contribution in [0.5, 0.6) is 0 Å². The van der Waals surface area contributed by atoms with E-state index >= 15 is 0 Å². The van der Waals surface area contributed by atoms with Crippen LogP contribution in [0, 0.1) is 0 Å². The predicted molar refractivity (Wildman–Crippen MR) is 80.7 cm³/mol. The van der Waals surface area contributed by atoms with Crippen LogP contribution in [0.3, 0.4) is 0 Å². The summed E-state index contributed by atoms with van der Waals surface area (Å²) in [7, 11) is 0. The lowest BCUT2D eigenvalue weighted by molar-refractivity contribution is -0.162. The summed E-state index contributed by atoms with van der Waals surface area (Å²) in [6.45, 7) is 14.5. The maximum Gasteiger partial charge on any atom is 0.264 e. The molecule has 0 aliphatic carbocycles. The zero-order valence-electron chi connectivity index (χ0n) is 13.5. The molecule has 110 valence electrons. The van der Waals surface area contributed by atoms with Crippen molar-refractivity contribution in [2.75, 3.05) is 13.1 Å². The highest BCUT2D eigenvalue weighted by molar-refractivity contribution is 5.93. The lowest BCUT2D eigenvalue weighted by Crippen LogP contribution is -2.58. The summed E-state index contributed by atoms with van der Waals surface area (Å²) in [4.78, 5) is 12.8. The summed E-state index contributed by atoms with van der Waals surface area (Å²) < 4.78 is 0. The summed E-state index contributed by atoms with van der Waals surface area (Å²) in [6.07, 6.45) is 4.63. The molecule has 0 aromatic rings. The average molecular weight is 266 g/mol. The Morgan fingerprint density at radius 2 is 1.63 bits per heavy atom. The van der Waals surface area contributed by atoms with Gasteiger partial charge in [0.1, 0.15) is 0 Å². The van der Waals surface area contributed by atoms with Crippen LogP contribution in [0.1, 0.15) is 67.2 Å². The Morgan fingerprint density at radius 1 is 1.11 bits per heavy atom. The summed E-state index contributed by atoms with van der Waals surface area (Å²) in [5, 5.41) is 4.29. The van der Waals surface area contributed by atoms with Gasteiger partial charge in [0.05, 0.1) is 5.54 Å². The number of hydrogen-bond acceptors (Lipinski definition) is 2. The van der Waals surface area contributed by atoms with Crippen LogP contribution < -0.4 is 0 Å². The molecule has 1 saturated heterocycles. The van der Waals surface area contributed by atoms with Crippen molar-refractivity contribution >= 4 is 5.91 Å². The molecule has 3 heteroatoms. The first-order valence-corrected chi connectivity index (χ1v) is 7.54. The fraction of sp³-hybridized carbons (Fsp3) is 0.812. The predicted octanol–water partition coefficient (Wildman–Crippen LogP) is 3.76. The molecule has 0 N–H and O–H groups in total. The number of carbonyl (C=O) groups excluding carboxylic acids is 1. The molecule has 19 heavy (non-hydrogen) atoms. The molecule has 1 aliphatic heterocycles. The molecular weight excluding hydrogens is 236 g/mol. The zero-order valence-corrected chi connectivity index (χ0v) is 13.5. The number of piperidine rings is 1.